The lowest BCUT2D eigenvalue weighted by atomic mass is 9.93. The van der Waals surface area contributed by atoms with E-state index in [0.717, 1.165) is 19.6 Å². The third-order valence-electron chi connectivity index (χ3n) is 4.05. The molecule has 0 radical (unpaired) electrons. The molecule has 1 aromatic rings. The minimum Gasteiger partial charge on any atom is -0.381 e. The number of carbonyl (C=O) groups excluding carboxylic acids is 1. The highest BCUT2D eigenvalue weighted by atomic mass is 16.5. The number of hydrogen-bond acceptors (Lipinski definition) is 2. The summed E-state index contributed by atoms with van der Waals surface area (Å²) in [5.41, 5.74) is 2.40. The third kappa shape index (κ3) is 4.46. The first-order valence-corrected chi connectivity index (χ1v) is 7.75. The topological polar surface area (TPSA) is 50.4 Å². The van der Waals surface area contributed by atoms with E-state index in [-0.39, 0.29) is 12.1 Å². The van der Waals surface area contributed by atoms with Crippen LogP contribution in [0.5, 0.6) is 0 Å². The molecule has 1 aliphatic rings. The van der Waals surface area contributed by atoms with E-state index in [1.54, 1.807) is 0 Å². The van der Waals surface area contributed by atoms with Crippen LogP contribution in [0.4, 0.5) is 4.79 Å². The Morgan fingerprint density at radius 3 is 2.76 bits per heavy atom. The Morgan fingerprint density at radius 2 is 2.14 bits per heavy atom. The molecule has 116 valence electrons. The van der Waals surface area contributed by atoms with Crippen LogP contribution >= 0.6 is 0 Å². The van der Waals surface area contributed by atoms with E-state index < -0.39 is 0 Å². The first-order valence-electron chi connectivity index (χ1n) is 7.75. The van der Waals surface area contributed by atoms with E-state index >= 15 is 0 Å². The fourth-order valence-corrected chi connectivity index (χ4v) is 2.71. The van der Waals surface area contributed by atoms with E-state index in [1.165, 1.54) is 11.1 Å². The summed E-state index contributed by atoms with van der Waals surface area (Å²) < 4.78 is 5.32. The Kier molecular flexibility index (Phi) is 5.62. The molecule has 0 saturated carbocycles. The molecule has 0 bridgehead atoms. The SMILES string of the molecule is Cc1ccccc1[C@@H](NC(=O)NC[C@H]1CCOC1)C(C)C. The number of benzene rings is 1. The van der Waals surface area contributed by atoms with Crippen molar-refractivity contribution in [3.63, 3.8) is 0 Å². The monoisotopic (exact) mass is 290 g/mol. The van der Waals surface area contributed by atoms with Gasteiger partial charge in [-0.1, -0.05) is 38.1 Å². The van der Waals surface area contributed by atoms with Gasteiger partial charge in [0.05, 0.1) is 12.6 Å². The normalized spacial score (nSPS) is 19.5. The molecule has 2 amide bonds. The van der Waals surface area contributed by atoms with E-state index in [1.807, 2.05) is 12.1 Å². The minimum absolute atomic E-state index is 0.0334. The van der Waals surface area contributed by atoms with Gasteiger partial charge in [0.25, 0.3) is 0 Å². The van der Waals surface area contributed by atoms with Crippen molar-refractivity contribution in [2.24, 2.45) is 11.8 Å². The van der Waals surface area contributed by atoms with E-state index in [2.05, 4.69) is 43.5 Å². The number of aryl methyl sites for hydroxylation is 1. The van der Waals surface area contributed by atoms with E-state index in [9.17, 15) is 4.79 Å². The van der Waals surface area contributed by atoms with Crippen molar-refractivity contribution in [3.05, 3.63) is 35.4 Å². The standard InChI is InChI=1S/C17H26N2O2/c1-12(2)16(15-7-5-4-6-13(15)3)19-17(20)18-10-14-8-9-21-11-14/h4-7,12,14,16H,8-11H2,1-3H3,(H2,18,19,20)/t14-,16+/m1/s1. The summed E-state index contributed by atoms with van der Waals surface area (Å²) in [5.74, 6) is 0.790. The van der Waals surface area contributed by atoms with Gasteiger partial charge in [-0.2, -0.15) is 0 Å². The average Bonchev–Trinajstić information content (AvgIpc) is 2.96. The van der Waals surface area contributed by atoms with Crippen LogP contribution < -0.4 is 10.6 Å². The lowest BCUT2D eigenvalue weighted by Crippen LogP contribution is -2.41. The minimum atomic E-state index is -0.0937. The molecule has 0 unspecified atom stereocenters. The zero-order valence-electron chi connectivity index (χ0n) is 13.2. The lowest BCUT2D eigenvalue weighted by molar-refractivity contribution is 0.184. The average molecular weight is 290 g/mol. The first-order chi connectivity index (χ1) is 10.1. The number of rotatable bonds is 5. The molecule has 2 N–H and O–H groups in total. The summed E-state index contributed by atoms with van der Waals surface area (Å²) in [6.07, 6.45) is 1.03. The quantitative estimate of drug-likeness (QED) is 0.875. The van der Waals surface area contributed by atoms with Crippen molar-refractivity contribution < 1.29 is 9.53 Å². The van der Waals surface area contributed by atoms with Crippen molar-refractivity contribution in [2.75, 3.05) is 19.8 Å². The molecule has 0 aromatic heterocycles. The van der Waals surface area contributed by atoms with Crippen LogP contribution in [0.15, 0.2) is 24.3 Å². The highest BCUT2D eigenvalue weighted by Gasteiger charge is 2.21. The zero-order chi connectivity index (χ0) is 15.2. The van der Waals surface area contributed by atoms with Gasteiger partial charge >= 0.3 is 6.03 Å². The van der Waals surface area contributed by atoms with Gasteiger partial charge in [0.15, 0.2) is 0 Å². The predicted molar refractivity (Wildman–Crippen MR) is 84.2 cm³/mol. The maximum absolute atomic E-state index is 12.1. The van der Waals surface area contributed by atoms with E-state index in [4.69, 9.17) is 4.74 Å². The summed E-state index contributed by atoms with van der Waals surface area (Å²) in [5, 5.41) is 6.08. The van der Waals surface area contributed by atoms with Gasteiger partial charge in [-0.3, -0.25) is 0 Å². The molecule has 2 rings (SSSR count). The lowest BCUT2D eigenvalue weighted by Gasteiger charge is -2.25. The molecule has 0 aliphatic carbocycles. The highest BCUT2D eigenvalue weighted by molar-refractivity contribution is 5.74. The second-order valence-corrected chi connectivity index (χ2v) is 6.16. The van der Waals surface area contributed by atoms with Crippen molar-refractivity contribution in [1.29, 1.82) is 0 Å². The molecule has 1 aliphatic heterocycles. The van der Waals surface area contributed by atoms with Gasteiger partial charge in [0.2, 0.25) is 0 Å². The van der Waals surface area contributed by atoms with E-state index in [0.29, 0.717) is 18.4 Å². The predicted octanol–water partition coefficient (Wildman–Crippen LogP) is 3.03. The smallest absolute Gasteiger partial charge is 0.315 e. The van der Waals surface area contributed by atoms with Gasteiger partial charge < -0.3 is 15.4 Å². The summed E-state index contributed by atoms with van der Waals surface area (Å²) in [6.45, 7) is 8.59. The largest absolute Gasteiger partial charge is 0.381 e. The Bertz CT molecular complexity index is 468. The second kappa shape index (κ2) is 7.46. The molecule has 1 saturated heterocycles. The summed E-state index contributed by atoms with van der Waals surface area (Å²) in [6, 6.07) is 8.16. The van der Waals surface area contributed by atoms with Gasteiger partial charge in [-0.25, -0.2) is 4.79 Å². The number of urea groups is 1. The number of nitrogens with one attached hydrogen (secondary N) is 2. The number of amides is 2. The maximum atomic E-state index is 12.1. The molecule has 1 fully saturated rings. The summed E-state index contributed by atoms with van der Waals surface area (Å²) >= 11 is 0. The highest BCUT2D eigenvalue weighted by Crippen LogP contribution is 2.24. The van der Waals surface area contributed by atoms with Crippen molar-refractivity contribution in [1.82, 2.24) is 10.6 Å². The Hall–Kier alpha value is -1.55. The Balaban J connectivity index is 1.93. The van der Waals surface area contributed by atoms with Crippen molar-refractivity contribution in [3.8, 4) is 0 Å². The fourth-order valence-electron chi connectivity index (χ4n) is 2.71. The zero-order valence-corrected chi connectivity index (χ0v) is 13.2. The van der Waals surface area contributed by atoms with Crippen LogP contribution in [-0.4, -0.2) is 25.8 Å². The molecule has 2 atom stereocenters. The van der Waals surface area contributed by atoms with Crippen molar-refractivity contribution >= 4 is 6.03 Å². The van der Waals surface area contributed by atoms with Crippen LogP contribution in [0, 0.1) is 18.8 Å². The van der Waals surface area contributed by atoms with Gasteiger partial charge in [-0.15, -0.1) is 0 Å². The van der Waals surface area contributed by atoms with Crippen LogP contribution in [0.3, 0.4) is 0 Å². The maximum Gasteiger partial charge on any atom is 0.315 e. The molecular formula is C17H26N2O2. The Morgan fingerprint density at radius 1 is 1.38 bits per heavy atom. The van der Waals surface area contributed by atoms with Gasteiger partial charge in [0.1, 0.15) is 0 Å². The second-order valence-electron chi connectivity index (χ2n) is 6.16. The van der Waals surface area contributed by atoms with Crippen LogP contribution in [0.1, 0.15) is 37.4 Å². The van der Waals surface area contributed by atoms with Gasteiger partial charge in [0, 0.05) is 19.1 Å². The number of ether oxygens (including phenoxy) is 1. The molecule has 4 nitrogen and oxygen atoms in total. The van der Waals surface area contributed by atoms with Crippen LogP contribution in [-0.2, 0) is 4.74 Å². The summed E-state index contributed by atoms with van der Waals surface area (Å²) in [7, 11) is 0. The first kappa shape index (κ1) is 15.8. The number of hydrogen-bond donors (Lipinski definition) is 2. The molecular weight excluding hydrogens is 264 g/mol. The van der Waals surface area contributed by atoms with Crippen molar-refractivity contribution in [2.45, 2.75) is 33.2 Å². The van der Waals surface area contributed by atoms with Gasteiger partial charge in [-0.05, 0) is 30.4 Å². The Labute approximate surface area is 127 Å². The summed E-state index contributed by atoms with van der Waals surface area (Å²) in [4.78, 5) is 12.1. The molecule has 0 spiro atoms. The number of carbonyl (C=O) groups is 1. The fraction of sp³-hybridized carbons (Fsp3) is 0.588. The molecule has 1 heterocycles. The third-order valence-corrected chi connectivity index (χ3v) is 4.05. The van der Waals surface area contributed by atoms with Crippen LogP contribution in [0.25, 0.3) is 0 Å². The van der Waals surface area contributed by atoms with Crippen LogP contribution in [0.2, 0.25) is 0 Å². The molecule has 21 heavy (non-hydrogen) atoms. The molecule has 4 heteroatoms. The molecule has 1 aromatic carbocycles.